The number of benzene rings is 2. The summed E-state index contributed by atoms with van der Waals surface area (Å²) in [6.07, 6.45) is 0. The third-order valence-electron chi connectivity index (χ3n) is 4.64. The zero-order valence-electron chi connectivity index (χ0n) is 15.8. The summed E-state index contributed by atoms with van der Waals surface area (Å²) in [5.74, 6) is 0.750. The minimum Gasteiger partial charge on any atom is -0.486 e. The van der Waals surface area contributed by atoms with Crippen LogP contribution in [0.5, 0.6) is 11.5 Å². The van der Waals surface area contributed by atoms with Crippen LogP contribution in [0.4, 0.5) is 5.69 Å². The van der Waals surface area contributed by atoms with Crippen molar-refractivity contribution < 1.29 is 19.1 Å². The van der Waals surface area contributed by atoms with E-state index in [-0.39, 0.29) is 18.4 Å². The van der Waals surface area contributed by atoms with E-state index in [9.17, 15) is 9.59 Å². The SMILES string of the molecule is CCN(CC(=O)Nc1ccc2c(c1)OCCO2)C(=O)c1cc2ccc(Br)cc2[nH]1. The Morgan fingerprint density at radius 3 is 2.69 bits per heavy atom. The second-order valence-electron chi connectivity index (χ2n) is 6.64. The predicted molar refractivity (Wildman–Crippen MR) is 114 cm³/mol. The van der Waals surface area contributed by atoms with Crippen molar-refractivity contribution >= 4 is 44.3 Å². The molecule has 3 aromatic rings. The molecule has 2 aromatic carbocycles. The van der Waals surface area contributed by atoms with E-state index < -0.39 is 0 Å². The minimum atomic E-state index is -0.282. The molecule has 0 radical (unpaired) electrons. The zero-order valence-corrected chi connectivity index (χ0v) is 17.4. The van der Waals surface area contributed by atoms with Gasteiger partial charge < -0.3 is 24.7 Å². The van der Waals surface area contributed by atoms with E-state index in [0.29, 0.717) is 42.6 Å². The van der Waals surface area contributed by atoms with Crippen molar-refractivity contribution in [1.82, 2.24) is 9.88 Å². The Hall–Kier alpha value is -3.00. The number of hydrogen-bond acceptors (Lipinski definition) is 4. The van der Waals surface area contributed by atoms with Crippen molar-refractivity contribution in [2.45, 2.75) is 6.92 Å². The molecule has 0 unspecified atom stereocenters. The average molecular weight is 458 g/mol. The van der Waals surface area contributed by atoms with E-state index in [0.717, 1.165) is 15.4 Å². The van der Waals surface area contributed by atoms with Gasteiger partial charge in [0.05, 0.1) is 0 Å². The zero-order chi connectivity index (χ0) is 20.4. The number of aromatic nitrogens is 1. The van der Waals surface area contributed by atoms with Gasteiger partial charge in [0.25, 0.3) is 5.91 Å². The number of fused-ring (bicyclic) bond motifs is 2. The third-order valence-corrected chi connectivity index (χ3v) is 5.14. The van der Waals surface area contributed by atoms with Gasteiger partial charge in [-0.25, -0.2) is 0 Å². The molecule has 2 N–H and O–H groups in total. The number of aromatic amines is 1. The summed E-state index contributed by atoms with van der Waals surface area (Å²) in [4.78, 5) is 30.0. The highest BCUT2D eigenvalue weighted by atomic mass is 79.9. The number of anilines is 1. The number of H-pyrrole nitrogens is 1. The number of carbonyl (C=O) groups is 2. The van der Waals surface area contributed by atoms with Gasteiger partial charge in [0, 0.05) is 33.7 Å². The molecule has 4 rings (SSSR count). The number of amides is 2. The van der Waals surface area contributed by atoms with Gasteiger partial charge in [0.1, 0.15) is 25.5 Å². The first kappa shape index (κ1) is 19.3. The molecule has 0 spiro atoms. The standard InChI is InChI=1S/C21H20BrN3O4/c1-2-25(21(27)17-9-13-3-4-14(22)10-16(13)24-17)12-20(26)23-15-5-6-18-19(11-15)29-8-7-28-18/h3-6,9-11,24H,2,7-8,12H2,1H3,(H,23,26). The summed E-state index contributed by atoms with van der Waals surface area (Å²) in [5.41, 5.74) is 1.91. The van der Waals surface area contributed by atoms with Gasteiger partial charge in [-0.15, -0.1) is 0 Å². The van der Waals surface area contributed by atoms with Crippen molar-refractivity contribution in [2.75, 3.05) is 31.6 Å². The number of hydrogen-bond donors (Lipinski definition) is 2. The van der Waals surface area contributed by atoms with Crippen LogP contribution < -0.4 is 14.8 Å². The monoisotopic (exact) mass is 457 g/mol. The maximum atomic E-state index is 12.9. The van der Waals surface area contributed by atoms with Gasteiger partial charge in [-0.2, -0.15) is 0 Å². The van der Waals surface area contributed by atoms with E-state index in [2.05, 4.69) is 26.2 Å². The van der Waals surface area contributed by atoms with Crippen molar-refractivity contribution in [3.05, 3.63) is 52.6 Å². The fourth-order valence-electron chi connectivity index (χ4n) is 3.21. The van der Waals surface area contributed by atoms with Crippen molar-refractivity contribution in [3.63, 3.8) is 0 Å². The van der Waals surface area contributed by atoms with Gasteiger partial charge >= 0.3 is 0 Å². The molecule has 7 nitrogen and oxygen atoms in total. The molecule has 0 aliphatic carbocycles. The molecule has 0 fully saturated rings. The van der Waals surface area contributed by atoms with Gasteiger partial charge in [-0.3, -0.25) is 9.59 Å². The molecular formula is C21H20BrN3O4. The number of rotatable bonds is 5. The third kappa shape index (κ3) is 4.22. The van der Waals surface area contributed by atoms with Crippen LogP contribution in [-0.4, -0.2) is 48.0 Å². The fraction of sp³-hybridized carbons (Fsp3) is 0.238. The Bertz CT molecular complexity index is 1080. The molecule has 8 heteroatoms. The van der Waals surface area contributed by atoms with Crippen LogP contribution in [0, 0.1) is 0 Å². The number of likely N-dealkylation sites (N-methyl/N-ethyl adjacent to an activating group) is 1. The Morgan fingerprint density at radius 1 is 1.10 bits per heavy atom. The highest BCUT2D eigenvalue weighted by Gasteiger charge is 2.20. The first-order valence-electron chi connectivity index (χ1n) is 9.30. The quantitative estimate of drug-likeness (QED) is 0.610. The van der Waals surface area contributed by atoms with E-state index >= 15 is 0 Å². The van der Waals surface area contributed by atoms with Crippen LogP contribution >= 0.6 is 15.9 Å². The first-order valence-corrected chi connectivity index (χ1v) is 10.1. The summed E-state index contributed by atoms with van der Waals surface area (Å²) in [5, 5.41) is 3.75. The molecule has 1 aromatic heterocycles. The van der Waals surface area contributed by atoms with Crippen LogP contribution in [0.15, 0.2) is 46.9 Å². The van der Waals surface area contributed by atoms with Crippen LogP contribution in [0.2, 0.25) is 0 Å². The summed E-state index contributed by atoms with van der Waals surface area (Å²) < 4.78 is 11.9. The molecule has 0 saturated carbocycles. The first-order chi connectivity index (χ1) is 14.0. The Balaban J connectivity index is 1.44. The Morgan fingerprint density at radius 2 is 1.90 bits per heavy atom. The van der Waals surface area contributed by atoms with Gasteiger partial charge in [0.15, 0.2) is 11.5 Å². The maximum absolute atomic E-state index is 12.9. The highest BCUT2D eigenvalue weighted by molar-refractivity contribution is 9.10. The molecule has 2 amide bonds. The predicted octanol–water partition coefficient (Wildman–Crippen LogP) is 3.80. The lowest BCUT2D eigenvalue weighted by atomic mass is 10.2. The minimum absolute atomic E-state index is 0.0527. The summed E-state index contributed by atoms with van der Waals surface area (Å²) in [6.45, 7) is 3.18. The van der Waals surface area contributed by atoms with Crippen LogP contribution in [0.3, 0.4) is 0 Å². The number of nitrogens with one attached hydrogen (secondary N) is 2. The summed E-state index contributed by atoms with van der Waals surface area (Å²) >= 11 is 3.42. The van der Waals surface area contributed by atoms with Gasteiger partial charge in [0.2, 0.25) is 5.91 Å². The Kier molecular flexibility index (Phi) is 5.44. The molecule has 1 aliphatic heterocycles. The molecule has 150 valence electrons. The van der Waals surface area contributed by atoms with E-state index in [4.69, 9.17) is 9.47 Å². The lowest BCUT2D eigenvalue weighted by Gasteiger charge is -2.21. The Labute approximate surface area is 176 Å². The lowest BCUT2D eigenvalue weighted by Crippen LogP contribution is -2.38. The molecule has 0 atom stereocenters. The molecule has 29 heavy (non-hydrogen) atoms. The van der Waals surface area contributed by atoms with Gasteiger partial charge in [-0.1, -0.05) is 22.0 Å². The molecular weight excluding hydrogens is 438 g/mol. The highest BCUT2D eigenvalue weighted by Crippen LogP contribution is 2.32. The van der Waals surface area contributed by atoms with E-state index in [1.54, 1.807) is 24.3 Å². The molecule has 2 heterocycles. The largest absolute Gasteiger partial charge is 0.486 e. The number of carbonyl (C=O) groups excluding carboxylic acids is 2. The molecule has 0 saturated heterocycles. The normalized spacial score (nSPS) is 12.6. The average Bonchev–Trinajstić information content (AvgIpc) is 3.14. The fourth-order valence-corrected chi connectivity index (χ4v) is 3.57. The number of nitrogens with zero attached hydrogens (tertiary/aromatic N) is 1. The smallest absolute Gasteiger partial charge is 0.270 e. The topological polar surface area (TPSA) is 83.7 Å². The molecule has 1 aliphatic rings. The van der Waals surface area contributed by atoms with Gasteiger partial charge in [-0.05, 0) is 37.3 Å². The molecule has 0 bridgehead atoms. The van der Waals surface area contributed by atoms with Crippen molar-refractivity contribution in [2.24, 2.45) is 0 Å². The van der Waals surface area contributed by atoms with E-state index in [1.165, 1.54) is 4.90 Å². The number of halogens is 1. The van der Waals surface area contributed by atoms with Crippen LogP contribution in [0.25, 0.3) is 10.9 Å². The second kappa shape index (κ2) is 8.16. The summed E-state index contributed by atoms with van der Waals surface area (Å²) in [7, 11) is 0. The van der Waals surface area contributed by atoms with Crippen LogP contribution in [-0.2, 0) is 4.79 Å². The van der Waals surface area contributed by atoms with Crippen molar-refractivity contribution in [1.29, 1.82) is 0 Å². The summed E-state index contributed by atoms with van der Waals surface area (Å²) in [6, 6.07) is 12.8. The van der Waals surface area contributed by atoms with E-state index in [1.807, 2.05) is 25.1 Å². The maximum Gasteiger partial charge on any atom is 0.270 e. The van der Waals surface area contributed by atoms with Crippen LogP contribution in [0.1, 0.15) is 17.4 Å². The number of ether oxygens (including phenoxy) is 2. The van der Waals surface area contributed by atoms with Crippen molar-refractivity contribution in [3.8, 4) is 11.5 Å². The second-order valence-corrected chi connectivity index (χ2v) is 7.56. The lowest BCUT2D eigenvalue weighted by molar-refractivity contribution is -0.116.